The van der Waals surface area contributed by atoms with Gasteiger partial charge in [-0.05, 0) is 41.4 Å². The fourth-order valence-electron chi connectivity index (χ4n) is 1.70. The van der Waals surface area contributed by atoms with Crippen molar-refractivity contribution in [3.63, 3.8) is 0 Å². The molecule has 1 aliphatic heterocycles. The molecule has 0 aliphatic carbocycles. The van der Waals surface area contributed by atoms with Gasteiger partial charge in [0.05, 0.1) is 0 Å². The third kappa shape index (κ3) is 2.89. The van der Waals surface area contributed by atoms with Crippen molar-refractivity contribution in [2.45, 2.75) is 18.9 Å². The van der Waals surface area contributed by atoms with Gasteiger partial charge in [-0.3, -0.25) is 0 Å². The number of pyridine rings is 1. The number of nitrogens with zero attached hydrogens (tertiary/aromatic N) is 1. The van der Waals surface area contributed by atoms with Crippen LogP contribution in [0.4, 0.5) is 10.2 Å². The molecule has 0 saturated carbocycles. The van der Waals surface area contributed by atoms with Crippen LogP contribution in [0.2, 0.25) is 0 Å². The van der Waals surface area contributed by atoms with Gasteiger partial charge in [-0.2, -0.15) is 0 Å². The number of nitrogens with one attached hydrogen (secondary N) is 2. The maximum Gasteiger partial charge on any atom is 0.166 e. The zero-order valence-corrected chi connectivity index (χ0v) is 9.85. The van der Waals surface area contributed by atoms with E-state index in [-0.39, 0.29) is 5.82 Å². The SMILES string of the molecule is Fc1cc(Br)cnc1NCC1CCCN1. The second-order valence-corrected chi connectivity index (χ2v) is 4.57. The van der Waals surface area contributed by atoms with Gasteiger partial charge in [0.25, 0.3) is 0 Å². The van der Waals surface area contributed by atoms with E-state index in [4.69, 9.17) is 0 Å². The maximum absolute atomic E-state index is 13.3. The van der Waals surface area contributed by atoms with E-state index >= 15 is 0 Å². The van der Waals surface area contributed by atoms with Crippen molar-refractivity contribution in [2.75, 3.05) is 18.4 Å². The van der Waals surface area contributed by atoms with Gasteiger partial charge in [0.15, 0.2) is 11.6 Å². The fourth-order valence-corrected chi connectivity index (χ4v) is 2.00. The first kappa shape index (κ1) is 10.8. The van der Waals surface area contributed by atoms with Crippen molar-refractivity contribution in [2.24, 2.45) is 0 Å². The summed E-state index contributed by atoms with van der Waals surface area (Å²) in [5.74, 6) is 0.00859. The summed E-state index contributed by atoms with van der Waals surface area (Å²) in [6.45, 7) is 1.79. The summed E-state index contributed by atoms with van der Waals surface area (Å²) in [4.78, 5) is 3.98. The molecule has 0 aromatic carbocycles. The Morgan fingerprint density at radius 3 is 3.20 bits per heavy atom. The molecule has 1 aromatic heterocycles. The molecule has 1 fully saturated rings. The minimum atomic E-state index is -0.317. The molecule has 1 aromatic rings. The van der Waals surface area contributed by atoms with Gasteiger partial charge in [0.2, 0.25) is 0 Å². The molecule has 82 valence electrons. The third-order valence-electron chi connectivity index (χ3n) is 2.49. The molecule has 0 amide bonds. The van der Waals surface area contributed by atoms with Gasteiger partial charge in [-0.25, -0.2) is 9.37 Å². The summed E-state index contributed by atoms with van der Waals surface area (Å²) in [6.07, 6.45) is 3.93. The highest BCUT2D eigenvalue weighted by Gasteiger charge is 2.14. The van der Waals surface area contributed by atoms with Crippen LogP contribution in [0.25, 0.3) is 0 Å². The van der Waals surface area contributed by atoms with Crippen molar-refractivity contribution in [1.29, 1.82) is 0 Å². The summed E-state index contributed by atoms with van der Waals surface area (Å²) in [5, 5.41) is 6.35. The first-order chi connectivity index (χ1) is 7.25. The van der Waals surface area contributed by atoms with Crippen LogP contribution in [0.15, 0.2) is 16.7 Å². The van der Waals surface area contributed by atoms with Crippen molar-refractivity contribution >= 4 is 21.7 Å². The van der Waals surface area contributed by atoms with Gasteiger partial charge in [-0.1, -0.05) is 0 Å². The quantitative estimate of drug-likeness (QED) is 0.886. The summed E-state index contributed by atoms with van der Waals surface area (Å²) in [6, 6.07) is 1.85. The molecule has 0 spiro atoms. The lowest BCUT2D eigenvalue weighted by molar-refractivity contribution is 0.607. The standard InChI is InChI=1S/C10H13BrFN3/c11-7-4-9(12)10(14-5-7)15-6-8-2-1-3-13-8/h4-5,8,13H,1-3,6H2,(H,14,15). The highest BCUT2D eigenvalue weighted by Crippen LogP contribution is 2.16. The molecule has 3 nitrogen and oxygen atoms in total. The van der Waals surface area contributed by atoms with E-state index in [9.17, 15) is 4.39 Å². The van der Waals surface area contributed by atoms with Crippen LogP contribution in [-0.4, -0.2) is 24.1 Å². The Bertz CT molecular complexity index is 339. The van der Waals surface area contributed by atoms with Crippen LogP contribution in [0.1, 0.15) is 12.8 Å². The molecule has 2 rings (SSSR count). The fraction of sp³-hybridized carbons (Fsp3) is 0.500. The van der Waals surface area contributed by atoms with Gasteiger partial charge < -0.3 is 10.6 Å². The van der Waals surface area contributed by atoms with E-state index in [1.165, 1.54) is 12.5 Å². The Hall–Kier alpha value is -0.680. The Balaban J connectivity index is 1.92. The van der Waals surface area contributed by atoms with Crippen LogP contribution in [0.5, 0.6) is 0 Å². The molecule has 2 N–H and O–H groups in total. The zero-order valence-electron chi connectivity index (χ0n) is 8.26. The number of anilines is 1. The van der Waals surface area contributed by atoms with E-state index < -0.39 is 0 Å². The average molecular weight is 274 g/mol. The van der Waals surface area contributed by atoms with Crippen molar-refractivity contribution < 1.29 is 4.39 Å². The lowest BCUT2D eigenvalue weighted by Gasteiger charge is -2.12. The van der Waals surface area contributed by atoms with Gasteiger partial charge in [0, 0.05) is 23.3 Å². The highest BCUT2D eigenvalue weighted by atomic mass is 79.9. The number of rotatable bonds is 3. The van der Waals surface area contributed by atoms with Gasteiger partial charge in [-0.15, -0.1) is 0 Å². The molecule has 0 radical (unpaired) electrons. The molecule has 0 bridgehead atoms. The Kier molecular flexibility index (Phi) is 3.53. The average Bonchev–Trinajstić information content (AvgIpc) is 2.69. The molecule has 1 saturated heterocycles. The Morgan fingerprint density at radius 1 is 1.67 bits per heavy atom. The second kappa shape index (κ2) is 4.90. The van der Waals surface area contributed by atoms with E-state index in [0.717, 1.165) is 19.5 Å². The van der Waals surface area contributed by atoms with E-state index in [1.54, 1.807) is 6.20 Å². The lowest BCUT2D eigenvalue weighted by atomic mass is 10.2. The molecular formula is C10H13BrFN3. The Labute approximate surface area is 96.6 Å². The van der Waals surface area contributed by atoms with Crippen LogP contribution in [0.3, 0.4) is 0 Å². The van der Waals surface area contributed by atoms with E-state index in [1.807, 2.05) is 0 Å². The molecule has 5 heteroatoms. The minimum Gasteiger partial charge on any atom is -0.366 e. The number of hydrogen-bond donors (Lipinski definition) is 2. The molecular weight excluding hydrogens is 261 g/mol. The minimum absolute atomic E-state index is 0.317. The van der Waals surface area contributed by atoms with Gasteiger partial charge in [0.1, 0.15) is 0 Å². The molecule has 15 heavy (non-hydrogen) atoms. The highest BCUT2D eigenvalue weighted by molar-refractivity contribution is 9.10. The van der Waals surface area contributed by atoms with Crippen LogP contribution < -0.4 is 10.6 Å². The number of hydrogen-bond acceptors (Lipinski definition) is 3. The smallest absolute Gasteiger partial charge is 0.166 e. The zero-order chi connectivity index (χ0) is 10.7. The normalized spacial score (nSPS) is 20.5. The largest absolute Gasteiger partial charge is 0.366 e. The predicted octanol–water partition coefficient (Wildman–Crippen LogP) is 2.15. The van der Waals surface area contributed by atoms with Crippen LogP contribution in [-0.2, 0) is 0 Å². The van der Waals surface area contributed by atoms with E-state index in [0.29, 0.717) is 16.3 Å². The van der Waals surface area contributed by atoms with Crippen molar-refractivity contribution in [3.05, 3.63) is 22.6 Å². The molecule has 1 atom stereocenters. The summed E-state index contributed by atoms with van der Waals surface area (Å²) < 4.78 is 14.0. The topological polar surface area (TPSA) is 37.0 Å². The van der Waals surface area contributed by atoms with Crippen LogP contribution in [0, 0.1) is 5.82 Å². The molecule has 1 aliphatic rings. The predicted molar refractivity (Wildman–Crippen MR) is 61.4 cm³/mol. The number of halogens is 2. The molecule has 2 heterocycles. The third-order valence-corrected chi connectivity index (χ3v) is 2.92. The second-order valence-electron chi connectivity index (χ2n) is 3.66. The summed E-state index contributed by atoms with van der Waals surface area (Å²) >= 11 is 3.17. The molecule has 1 unspecified atom stereocenters. The lowest BCUT2D eigenvalue weighted by Crippen LogP contribution is -2.29. The summed E-state index contributed by atoms with van der Waals surface area (Å²) in [5.41, 5.74) is 0. The monoisotopic (exact) mass is 273 g/mol. The van der Waals surface area contributed by atoms with Crippen molar-refractivity contribution in [3.8, 4) is 0 Å². The summed E-state index contributed by atoms with van der Waals surface area (Å²) in [7, 11) is 0. The van der Waals surface area contributed by atoms with Crippen LogP contribution >= 0.6 is 15.9 Å². The first-order valence-corrected chi connectivity index (χ1v) is 5.83. The van der Waals surface area contributed by atoms with Gasteiger partial charge >= 0.3 is 0 Å². The van der Waals surface area contributed by atoms with Crippen molar-refractivity contribution in [1.82, 2.24) is 10.3 Å². The maximum atomic E-state index is 13.3. The first-order valence-electron chi connectivity index (χ1n) is 5.04. The Morgan fingerprint density at radius 2 is 2.53 bits per heavy atom. The van der Waals surface area contributed by atoms with E-state index in [2.05, 4.69) is 31.5 Å². The number of aromatic nitrogens is 1.